The number of amides is 1. The molecule has 6 nitrogen and oxygen atoms in total. The second-order valence-electron chi connectivity index (χ2n) is 5.72. The Morgan fingerprint density at radius 2 is 1.92 bits per heavy atom. The van der Waals surface area contributed by atoms with Crippen molar-refractivity contribution in [2.24, 2.45) is 0 Å². The standard InChI is InChI=1S/C18H23N3O3/c1-6-24-18(23)15-11(2)16(20-12(15)3)17(22)21(5)13(4)14-7-9-19-10-8-14/h7-10,13,20H,6H2,1-5H3. The molecule has 0 aromatic carbocycles. The Morgan fingerprint density at radius 3 is 2.50 bits per heavy atom. The second kappa shape index (κ2) is 7.29. The van der Waals surface area contributed by atoms with Crippen LogP contribution in [0.2, 0.25) is 0 Å². The average Bonchev–Trinajstić information content (AvgIpc) is 2.88. The number of rotatable bonds is 5. The maximum Gasteiger partial charge on any atom is 0.340 e. The van der Waals surface area contributed by atoms with Crippen molar-refractivity contribution >= 4 is 11.9 Å². The summed E-state index contributed by atoms with van der Waals surface area (Å²) in [5.41, 5.74) is 3.10. The summed E-state index contributed by atoms with van der Waals surface area (Å²) < 4.78 is 5.07. The highest BCUT2D eigenvalue weighted by Crippen LogP contribution is 2.24. The molecule has 0 spiro atoms. The van der Waals surface area contributed by atoms with Crippen molar-refractivity contribution < 1.29 is 14.3 Å². The van der Waals surface area contributed by atoms with Crippen LogP contribution in [0.1, 0.15) is 57.6 Å². The third-order valence-corrected chi connectivity index (χ3v) is 4.22. The van der Waals surface area contributed by atoms with Gasteiger partial charge in [0.2, 0.25) is 0 Å². The minimum Gasteiger partial charge on any atom is -0.462 e. The highest BCUT2D eigenvalue weighted by Gasteiger charge is 2.26. The number of carbonyl (C=O) groups is 2. The molecule has 128 valence electrons. The minimum absolute atomic E-state index is 0.116. The van der Waals surface area contributed by atoms with Crippen LogP contribution in [0.15, 0.2) is 24.5 Å². The first kappa shape index (κ1) is 17.7. The van der Waals surface area contributed by atoms with E-state index in [2.05, 4.69) is 9.97 Å². The number of esters is 1. The van der Waals surface area contributed by atoms with Crippen LogP contribution in [-0.4, -0.2) is 40.4 Å². The van der Waals surface area contributed by atoms with E-state index >= 15 is 0 Å². The highest BCUT2D eigenvalue weighted by molar-refractivity contribution is 6.00. The molecular formula is C18H23N3O3. The maximum absolute atomic E-state index is 12.9. The Hall–Kier alpha value is -2.63. The number of carbonyl (C=O) groups excluding carboxylic acids is 2. The van der Waals surface area contributed by atoms with Gasteiger partial charge in [0.1, 0.15) is 5.69 Å². The Balaban J connectivity index is 2.30. The van der Waals surface area contributed by atoms with Crippen molar-refractivity contribution in [2.75, 3.05) is 13.7 Å². The zero-order chi connectivity index (χ0) is 17.9. The Morgan fingerprint density at radius 1 is 1.29 bits per heavy atom. The predicted octanol–water partition coefficient (Wildman–Crippen LogP) is 3.04. The van der Waals surface area contributed by atoms with Crippen LogP contribution in [0.3, 0.4) is 0 Å². The summed E-state index contributed by atoms with van der Waals surface area (Å²) in [5, 5.41) is 0. The molecule has 2 aromatic rings. The molecule has 1 atom stereocenters. The van der Waals surface area contributed by atoms with Gasteiger partial charge >= 0.3 is 5.97 Å². The molecule has 0 aliphatic rings. The van der Waals surface area contributed by atoms with E-state index in [1.54, 1.807) is 45.1 Å². The first-order valence-electron chi connectivity index (χ1n) is 7.91. The molecule has 2 rings (SSSR count). The van der Waals surface area contributed by atoms with Gasteiger partial charge in [-0.2, -0.15) is 0 Å². The second-order valence-corrected chi connectivity index (χ2v) is 5.72. The summed E-state index contributed by atoms with van der Waals surface area (Å²) in [7, 11) is 1.74. The lowest BCUT2D eigenvalue weighted by Gasteiger charge is -2.25. The van der Waals surface area contributed by atoms with Crippen LogP contribution < -0.4 is 0 Å². The fourth-order valence-corrected chi connectivity index (χ4v) is 2.69. The number of aryl methyl sites for hydroxylation is 1. The molecule has 1 amide bonds. The van der Waals surface area contributed by atoms with Crippen LogP contribution in [0.4, 0.5) is 0 Å². The summed E-state index contributed by atoms with van der Waals surface area (Å²) in [6.07, 6.45) is 3.40. The molecule has 0 radical (unpaired) electrons. The van der Waals surface area contributed by atoms with Gasteiger partial charge < -0.3 is 14.6 Å². The van der Waals surface area contributed by atoms with E-state index in [9.17, 15) is 9.59 Å². The summed E-state index contributed by atoms with van der Waals surface area (Å²) in [6, 6.07) is 3.64. The van der Waals surface area contributed by atoms with E-state index in [1.807, 2.05) is 19.1 Å². The first-order chi connectivity index (χ1) is 11.4. The first-order valence-corrected chi connectivity index (χ1v) is 7.91. The Labute approximate surface area is 141 Å². The fourth-order valence-electron chi connectivity index (χ4n) is 2.69. The molecule has 24 heavy (non-hydrogen) atoms. The lowest BCUT2D eigenvalue weighted by atomic mass is 10.1. The number of hydrogen-bond donors (Lipinski definition) is 1. The quantitative estimate of drug-likeness (QED) is 0.856. The fraction of sp³-hybridized carbons (Fsp3) is 0.389. The lowest BCUT2D eigenvalue weighted by Crippen LogP contribution is -2.30. The molecule has 6 heteroatoms. The molecule has 2 aromatic heterocycles. The summed E-state index contributed by atoms with van der Waals surface area (Å²) in [6.45, 7) is 7.53. The maximum atomic E-state index is 12.9. The number of pyridine rings is 1. The number of H-pyrrole nitrogens is 1. The molecule has 0 saturated carbocycles. The molecular weight excluding hydrogens is 306 g/mol. The largest absolute Gasteiger partial charge is 0.462 e. The van der Waals surface area contributed by atoms with Crippen molar-refractivity contribution in [3.63, 3.8) is 0 Å². The van der Waals surface area contributed by atoms with E-state index < -0.39 is 5.97 Å². The van der Waals surface area contributed by atoms with Crippen LogP contribution in [0.5, 0.6) is 0 Å². The van der Waals surface area contributed by atoms with Gasteiger partial charge in [-0.3, -0.25) is 9.78 Å². The zero-order valence-corrected chi connectivity index (χ0v) is 14.7. The Kier molecular flexibility index (Phi) is 5.39. The van der Waals surface area contributed by atoms with Crippen molar-refractivity contribution in [2.45, 2.75) is 33.7 Å². The number of ether oxygens (including phenoxy) is 1. The van der Waals surface area contributed by atoms with Gasteiger partial charge in [0.25, 0.3) is 5.91 Å². The van der Waals surface area contributed by atoms with E-state index in [4.69, 9.17) is 4.74 Å². The average molecular weight is 329 g/mol. The molecule has 2 heterocycles. The van der Waals surface area contributed by atoms with Crippen LogP contribution >= 0.6 is 0 Å². The molecule has 0 aliphatic carbocycles. The molecule has 0 fully saturated rings. The van der Waals surface area contributed by atoms with E-state index in [-0.39, 0.29) is 11.9 Å². The number of aromatic amines is 1. The molecule has 0 aliphatic heterocycles. The monoisotopic (exact) mass is 329 g/mol. The number of nitrogens with zero attached hydrogens (tertiary/aromatic N) is 2. The van der Waals surface area contributed by atoms with Crippen LogP contribution in [0.25, 0.3) is 0 Å². The zero-order valence-electron chi connectivity index (χ0n) is 14.7. The van der Waals surface area contributed by atoms with E-state index in [1.165, 1.54) is 0 Å². The van der Waals surface area contributed by atoms with Crippen LogP contribution in [0, 0.1) is 13.8 Å². The molecule has 1 unspecified atom stereocenters. The molecule has 1 N–H and O–H groups in total. The number of aromatic nitrogens is 2. The van der Waals surface area contributed by atoms with Crippen molar-refractivity contribution in [3.8, 4) is 0 Å². The normalized spacial score (nSPS) is 11.9. The number of nitrogens with one attached hydrogen (secondary N) is 1. The minimum atomic E-state index is -0.410. The van der Waals surface area contributed by atoms with Crippen LogP contribution in [-0.2, 0) is 4.74 Å². The van der Waals surface area contributed by atoms with Gasteiger partial charge in [0.15, 0.2) is 0 Å². The predicted molar refractivity (Wildman–Crippen MR) is 91.0 cm³/mol. The highest BCUT2D eigenvalue weighted by atomic mass is 16.5. The van der Waals surface area contributed by atoms with Crippen molar-refractivity contribution in [3.05, 3.63) is 52.6 Å². The summed E-state index contributed by atoms with van der Waals surface area (Å²) in [4.78, 5) is 33.6. The summed E-state index contributed by atoms with van der Waals surface area (Å²) in [5.74, 6) is -0.580. The topological polar surface area (TPSA) is 75.3 Å². The van der Waals surface area contributed by atoms with Crippen molar-refractivity contribution in [1.29, 1.82) is 0 Å². The Bertz CT molecular complexity index is 737. The van der Waals surface area contributed by atoms with Gasteiger partial charge in [0.05, 0.1) is 18.2 Å². The summed E-state index contributed by atoms with van der Waals surface area (Å²) >= 11 is 0. The van der Waals surface area contributed by atoms with Gasteiger partial charge in [-0.1, -0.05) is 0 Å². The van der Waals surface area contributed by atoms with Crippen molar-refractivity contribution in [1.82, 2.24) is 14.9 Å². The molecule has 0 bridgehead atoms. The smallest absolute Gasteiger partial charge is 0.340 e. The van der Waals surface area contributed by atoms with Gasteiger partial charge in [-0.05, 0) is 51.0 Å². The van der Waals surface area contributed by atoms with Gasteiger partial charge in [-0.25, -0.2) is 4.79 Å². The third kappa shape index (κ3) is 3.32. The third-order valence-electron chi connectivity index (χ3n) is 4.22. The number of hydrogen-bond acceptors (Lipinski definition) is 4. The van der Waals surface area contributed by atoms with E-state index in [0.717, 1.165) is 5.56 Å². The van der Waals surface area contributed by atoms with Gasteiger partial charge in [0, 0.05) is 25.1 Å². The molecule has 0 saturated heterocycles. The van der Waals surface area contributed by atoms with E-state index in [0.29, 0.717) is 29.1 Å². The lowest BCUT2D eigenvalue weighted by molar-refractivity contribution is 0.0525. The SMILES string of the molecule is CCOC(=O)c1c(C)[nH]c(C(=O)N(C)C(C)c2ccncc2)c1C. The van der Waals surface area contributed by atoms with Gasteiger partial charge in [-0.15, -0.1) is 0 Å².